The predicted octanol–water partition coefficient (Wildman–Crippen LogP) is 2.29. The van der Waals surface area contributed by atoms with Crippen molar-refractivity contribution in [2.24, 2.45) is 0 Å². The third-order valence-electron chi connectivity index (χ3n) is 1.58. The van der Waals surface area contributed by atoms with Gasteiger partial charge in [-0.25, -0.2) is 9.69 Å². The van der Waals surface area contributed by atoms with Gasteiger partial charge in [0.15, 0.2) is 11.6 Å². The van der Waals surface area contributed by atoms with E-state index in [0.29, 0.717) is 4.90 Å². The molecule has 14 heavy (non-hydrogen) atoms. The van der Waals surface area contributed by atoms with Crippen molar-refractivity contribution in [3.63, 3.8) is 0 Å². The minimum Gasteiger partial charge on any atom is -0.438 e. The lowest BCUT2D eigenvalue weighted by Crippen LogP contribution is -2.40. The summed E-state index contributed by atoms with van der Waals surface area (Å²) < 4.78 is 2.80. The number of carbonyl (C=O) groups excluding carboxylic acids is 2. The molecule has 2 atom stereocenters. The number of halogens is 4. The molecule has 1 heterocycles. The number of carbonyl (C=O) groups is 2. The topological polar surface area (TPSA) is 46.6 Å². The van der Waals surface area contributed by atoms with Crippen LogP contribution >= 0.6 is 46.4 Å². The van der Waals surface area contributed by atoms with Gasteiger partial charge in [0.1, 0.15) is 0 Å². The number of hydrogen-bond donors (Lipinski definition) is 0. The molecule has 1 aliphatic rings. The van der Waals surface area contributed by atoms with Gasteiger partial charge in [-0.05, 0) is 0 Å². The summed E-state index contributed by atoms with van der Waals surface area (Å²) in [6, 6.07) is 0. The van der Waals surface area contributed by atoms with Crippen molar-refractivity contribution in [3.8, 4) is 0 Å². The second-order valence-corrected chi connectivity index (χ2v) is 5.42. The van der Waals surface area contributed by atoms with Crippen LogP contribution in [0.3, 0.4) is 0 Å². The van der Waals surface area contributed by atoms with Gasteiger partial charge in [0.25, 0.3) is 0 Å². The smallest absolute Gasteiger partial charge is 0.418 e. The SMILES string of the molecule is CC(=O)N1C(=O)O[C@@H](C(Cl)(Cl)Cl)[C@@H]1Cl. The van der Waals surface area contributed by atoms with Crippen LogP contribution in [0.15, 0.2) is 0 Å². The number of nitrogens with zero attached hydrogens (tertiary/aromatic N) is 1. The molecule has 1 aliphatic heterocycles. The van der Waals surface area contributed by atoms with Gasteiger partial charge in [-0.2, -0.15) is 0 Å². The van der Waals surface area contributed by atoms with Gasteiger partial charge >= 0.3 is 6.09 Å². The molecule has 8 heteroatoms. The van der Waals surface area contributed by atoms with Crippen LogP contribution in [0.5, 0.6) is 0 Å². The predicted molar refractivity (Wildman–Crippen MR) is 52.7 cm³/mol. The van der Waals surface area contributed by atoms with Crippen molar-refractivity contribution in [2.75, 3.05) is 0 Å². The average Bonchev–Trinajstić information content (AvgIpc) is 2.24. The fraction of sp³-hybridized carbons (Fsp3) is 0.667. The molecule has 2 amide bonds. The van der Waals surface area contributed by atoms with Crippen LogP contribution < -0.4 is 0 Å². The Morgan fingerprint density at radius 1 is 1.50 bits per heavy atom. The highest BCUT2D eigenvalue weighted by molar-refractivity contribution is 6.68. The standard InChI is InChI=1S/C6H5Cl4NO3/c1-2(12)11-4(7)3(6(8,9)10)14-5(11)13/h3-4H,1H3/t3-,4-/m1/s1. The zero-order valence-electron chi connectivity index (χ0n) is 6.84. The van der Waals surface area contributed by atoms with Crippen molar-refractivity contribution in [3.05, 3.63) is 0 Å². The van der Waals surface area contributed by atoms with E-state index in [1.165, 1.54) is 0 Å². The molecule has 0 N–H and O–H groups in total. The minimum atomic E-state index is -1.85. The Morgan fingerprint density at radius 3 is 2.21 bits per heavy atom. The number of imide groups is 1. The molecule has 0 aliphatic carbocycles. The molecule has 0 aromatic carbocycles. The number of rotatable bonds is 0. The monoisotopic (exact) mass is 279 g/mol. The van der Waals surface area contributed by atoms with Gasteiger partial charge in [0.05, 0.1) is 0 Å². The summed E-state index contributed by atoms with van der Waals surface area (Å²) in [5.74, 6) is -0.563. The van der Waals surface area contributed by atoms with E-state index in [4.69, 9.17) is 46.4 Å². The molecular weight excluding hydrogens is 276 g/mol. The van der Waals surface area contributed by atoms with E-state index < -0.39 is 27.4 Å². The number of ether oxygens (including phenoxy) is 1. The lowest BCUT2D eigenvalue weighted by molar-refractivity contribution is -0.126. The average molecular weight is 281 g/mol. The summed E-state index contributed by atoms with van der Waals surface area (Å²) in [4.78, 5) is 22.7. The van der Waals surface area contributed by atoms with E-state index in [2.05, 4.69) is 4.74 Å². The molecule has 0 aromatic heterocycles. The Labute approximate surface area is 100.0 Å². The van der Waals surface area contributed by atoms with Gasteiger partial charge in [0, 0.05) is 6.92 Å². The first kappa shape index (κ1) is 12.2. The van der Waals surface area contributed by atoms with E-state index in [0.717, 1.165) is 6.92 Å². The first-order valence-corrected chi connectivity index (χ1v) is 5.03. The number of alkyl halides is 4. The highest BCUT2D eigenvalue weighted by atomic mass is 35.6. The van der Waals surface area contributed by atoms with Crippen LogP contribution in [0.25, 0.3) is 0 Å². The highest BCUT2D eigenvalue weighted by Crippen LogP contribution is 2.40. The van der Waals surface area contributed by atoms with Crippen LogP contribution in [0.4, 0.5) is 4.79 Å². The normalized spacial score (nSPS) is 27.8. The fourth-order valence-electron chi connectivity index (χ4n) is 0.983. The van der Waals surface area contributed by atoms with Gasteiger partial charge in [-0.1, -0.05) is 46.4 Å². The number of cyclic esters (lactones) is 1. The van der Waals surface area contributed by atoms with Gasteiger partial charge in [0.2, 0.25) is 9.70 Å². The van der Waals surface area contributed by atoms with Crippen LogP contribution in [0.2, 0.25) is 0 Å². The zero-order valence-corrected chi connectivity index (χ0v) is 9.86. The molecular formula is C6H5Cl4NO3. The second-order valence-electron chi connectivity index (χ2n) is 2.61. The minimum absolute atomic E-state index is 0.563. The fourth-order valence-corrected chi connectivity index (χ4v) is 2.13. The van der Waals surface area contributed by atoms with Crippen molar-refractivity contribution in [2.45, 2.75) is 22.3 Å². The summed E-state index contributed by atoms with van der Waals surface area (Å²) in [7, 11) is 0. The first-order valence-electron chi connectivity index (χ1n) is 3.46. The highest BCUT2D eigenvalue weighted by Gasteiger charge is 2.52. The van der Waals surface area contributed by atoms with Crippen LogP contribution in [-0.2, 0) is 9.53 Å². The maximum absolute atomic E-state index is 11.1. The quantitative estimate of drug-likeness (QED) is 0.505. The zero-order chi connectivity index (χ0) is 11.1. The Bertz CT molecular complexity index is 277. The molecule has 1 saturated heterocycles. The maximum atomic E-state index is 11.1. The Balaban J connectivity index is 2.90. The first-order chi connectivity index (χ1) is 6.25. The van der Waals surface area contributed by atoms with Crippen LogP contribution in [0, 0.1) is 0 Å². The maximum Gasteiger partial charge on any atom is 0.418 e. The lowest BCUT2D eigenvalue weighted by Gasteiger charge is -2.20. The molecule has 0 bridgehead atoms. The molecule has 4 nitrogen and oxygen atoms in total. The summed E-state index contributed by atoms with van der Waals surface area (Å²) >= 11 is 22.2. The summed E-state index contributed by atoms with van der Waals surface area (Å²) in [5.41, 5.74) is -1.10. The van der Waals surface area contributed by atoms with Gasteiger partial charge in [-0.3, -0.25) is 4.79 Å². The molecule has 1 rings (SSSR count). The second kappa shape index (κ2) is 3.93. The Morgan fingerprint density at radius 2 is 2.00 bits per heavy atom. The van der Waals surface area contributed by atoms with Crippen molar-refractivity contribution in [1.29, 1.82) is 0 Å². The third kappa shape index (κ3) is 2.19. The van der Waals surface area contributed by atoms with E-state index in [1.807, 2.05) is 0 Å². The summed E-state index contributed by atoms with van der Waals surface area (Å²) in [6.07, 6.45) is -2.07. The number of hydrogen-bond acceptors (Lipinski definition) is 3. The number of amides is 2. The van der Waals surface area contributed by atoms with Gasteiger partial charge < -0.3 is 4.74 Å². The van der Waals surface area contributed by atoms with Crippen molar-refractivity contribution in [1.82, 2.24) is 4.90 Å². The van der Waals surface area contributed by atoms with E-state index in [1.54, 1.807) is 0 Å². The largest absolute Gasteiger partial charge is 0.438 e. The third-order valence-corrected chi connectivity index (χ3v) is 2.65. The Hall–Kier alpha value is 0.1000. The van der Waals surface area contributed by atoms with E-state index in [9.17, 15) is 9.59 Å². The molecule has 0 unspecified atom stereocenters. The molecule has 0 spiro atoms. The van der Waals surface area contributed by atoms with Crippen molar-refractivity contribution >= 4 is 58.4 Å². The van der Waals surface area contributed by atoms with Crippen LogP contribution in [0.1, 0.15) is 6.92 Å². The molecule has 1 fully saturated rings. The Kier molecular flexibility index (Phi) is 3.41. The van der Waals surface area contributed by atoms with Crippen LogP contribution in [-0.4, -0.2) is 32.3 Å². The molecule has 0 aromatic rings. The molecule has 80 valence electrons. The molecule has 0 radical (unpaired) electrons. The van der Waals surface area contributed by atoms with Gasteiger partial charge in [-0.15, -0.1) is 0 Å². The van der Waals surface area contributed by atoms with E-state index >= 15 is 0 Å². The summed E-state index contributed by atoms with van der Waals surface area (Å²) in [6.45, 7) is 1.16. The molecule has 0 saturated carbocycles. The van der Waals surface area contributed by atoms with E-state index in [-0.39, 0.29) is 0 Å². The summed E-state index contributed by atoms with van der Waals surface area (Å²) in [5, 5.41) is 0. The lowest BCUT2D eigenvalue weighted by atomic mass is 10.4. The van der Waals surface area contributed by atoms with Crippen molar-refractivity contribution < 1.29 is 14.3 Å².